The second-order valence-electron chi connectivity index (χ2n) is 7.10. The molecule has 0 bridgehead atoms. The fraction of sp³-hybridized carbons (Fsp3) is 0.364. The molecule has 1 aliphatic rings. The Morgan fingerprint density at radius 2 is 1.78 bits per heavy atom. The SMILES string of the molecule is CO[C@H]1OC(C)O[C@H]1C(=O)NC(Cc1ccc(OCc2c(Cl)cccc2Cl)cc1)C(=O)O. The summed E-state index contributed by atoms with van der Waals surface area (Å²) in [7, 11) is 1.38. The van der Waals surface area contributed by atoms with E-state index in [9.17, 15) is 14.7 Å². The summed E-state index contributed by atoms with van der Waals surface area (Å²) in [5, 5.41) is 13.1. The number of aliphatic carboxylic acids is 1. The third-order valence-corrected chi connectivity index (χ3v) is 5.53. The van der Waals surface area contributed by atoms with E-state index in [4.69, 9.17) is 42.1 Å². The van der Waals surface area contributed by atoms with E-state index in [0.717, 1.165) is 0 Å². The standard InChI is InChI=1S/C22H23Cl2NO7/c1-12-31-19(22(29-2)32-12)20(26)25-18(21(27)28)10-13-6-8-14(9-7-13)30-11-15-16(23)4-3-5-17(15)24/h3-9,12,18-19,22H,10-11H2,1-2H3,(H,25,26)(H,27,28)/t12?,18?,19-,22-/m0/s1. The van der Waals surface area contributed by atoms with Crippen LogP contribution in [-0.4, -0.2) is 48.8 Å². The fourth-order valence-electron chi connectivity index (χ4n) is 3.16. The smallest absolute Gasteiger partial charge is 0.326 e. The predicted octanol–water partition coefficient (Wildman–Crippen LogP) is 3.42. The van der Waals surface area contributed by atoms with Gasteiger partial charge < -0.3 is 29.4 Å². The number of halogens is 2. The van der Waals surface area contributed by atoms with Crippen LogP contribution in [0.5, 0.6) is 5.75 Å². The average molecular weight is 484 g/mol. The van der Waals surface area contributed by atoms with E-state index in [-0.39, 0.29) is 13.0 Å². The molecule has 0 aromatic heterocycles. The van der Waals surface area contributed by atoms with Gasteiger partial charge in [0.1, 0.15) is 18.4 Å². The Bertz CT molecular complexity index is 934. The summed E-state index contributed by atoms with van der Waals surface area (Å²) >= 11 is 12.3. The van der Waals surface area contributed by atoms with Gasteiger partial charge in [0.05, 0.1) is 0 Å². The van der Waals surface area contributed by atoms with E-state index in [1.165, 1.54) is 7.11 Å². The molecule has 0 saturated carbocycles. The van der Waals surface area contributed by atoms with Gasteiger partial charge in [0.15, 0.2) is 18.7 Å². The monoisotopic (exact) mass is 483 g/mol. The molecule has 32 heavy (non-hydrogen) atoms. The Balaban J connectivity index is 1.59. The van der Waals surface area contributed by atoms with Crippen LogP contribution in [0.3, 0.4) is 0 Å². The molecule has 10 heteroatoms. The van der Waals surface area contributed by atoms with Crippen LogP contribution < -0.4 is 10.1 Å². The maximum Gasteiger partial charge on any atom is 0.326 e. The second-order valence-corrected chi connectivity index (χ2v) is 7.92. The third-order valence-electron chi connectivity index (χ3n) is 4.82. The maximum absolute atomic E-state index is 12.5. The molecule has 0 radical (unpaired) electrons. The second kappa shape index (κ2) is 11.0. The molecule has 1 heterocycles. The quantitative estimate of drug-likeness (QED) is 0.562. The third kappa shape index (κ3) is 6.11. The molecule has 0 spiro atoms. The lowest BCUT2D eigenvalue weighted by Crippen LogP contribution is -2.49. The van der Waals surface area contributed by atoms with Gasteiger partial charge in [0, 0.05) is 29.1 Å². The minimum absolute atomic E-state index is 0.0679. The number of hydrogen-bond acceptors (Lipinski definition) is 6. The number of carboxylic acid groups (broad SMARTS) is 1. The summed E-state index contributed by atoms with van der Waals surface area (Å²) in [5.74, 6) is -1.23. The largest absolute Gasteiger partial charge is 0.489 e. The molecule has 2 unspecified atom stereocenters. The summed E-state index contributed by atoms with van der Waals surface area (Å²) < 4.78 is 21.5. The Kier molecular flexibility index (Phi) is 8.33. The van der Waals surface area contributed by atoms with Crippen LogP contribution in [0.15, 0.2) is 42.5 Å². The van der Waals surface area contributed by atoms with Crippen molar-refractivity contribution in [3.8, 4) is 5.75 Å². The van der Waals surface area contributed by atoms with Gasteiger partial charge in [0.2, 0.25) is 0 Å². The minimum atomic E-state index is -1.17. The van der Waals surface area contributed by atoms with Crippen LogP contribution in [-0.2, 0) is 36.8 Å². The summed E-state index contributed by atoms with van der Waals surface area (Å²) in [6.07, 6.45) is -2.52. The van der Waals surface area contributed by atoms with Crippen molar-refractivity contribution in [2.24, 2.45) is 0 Å². The van der Waals surface area contributed by atoms with Crippen LogP contribution in [0.2, 0.25) is 10.0 Å². The van der Waals surface area contributed by atoms with Crippen molar-refractivity contribution in [3.05, 3.63) is 63.6 Å². The highest BCUT2D eigenvalue weighted by Gasteiger charge is 2.40. The average Bonchev–Trinajstić information content (AvgIpc) is 3.15. The predicted molar refractivity (Wildman–Crippen MR) is 117 cm³/mol. The van der Waals surface area contributed by atoms with Crippen LogP contribution >= 0.6 is 23.2 Å². The summed E-state index contributed by atoms with van der Waals surface area (Å²) in [6, 6.07) is 10.9. The lowest BCUT2D eigenvalue weighted by atomic mass is 10.1. The molecule has 172 valence electrons. The van der Waals surface area contributed by atoms with Gasteiger partial charge in [-0.3, -0.25) is 4.79 Å². The van der Waals surface area contributed by atoms with Crippen LogP contribution in [0.4, 0.5) is 0 Å². The molecule has 1 saturated heterocycles. The highest BCUT2D eigenvalue weighted by Crippen LogP contribution is 2.26. The van der Waals surface area contributed by atoms with Crippen LogP contribution in [0.25, 0.3) is 0 Å². The molecular formula is C22H23Cl2NO7. The van der Waals surface area contributed by atoms with Crippen molar-refractivity contribution in [2.45, 2.75) is 44.7 Å². The Morgan fingerprint density at radius 3 is 2.38 bits per heavy atom. The molecule has 1 fully saturated rings. The van der Waals surface area contributed by atoms with Gasteiger partial charge in [-0.05, 0) is 36.8 Å². The number of carbonyl (C=O) groups excluding carboxylic acids is 1. The lowest BCUT2D eigenvalue weighted by Gasteiger charge is -2.19. The van der Waals surface area contributed by atoms with Crippen molar-refractivity contribution in [2.75, 3.05) is 7.11 Å². The number of rotatable bonds is 9. The van der Waals surface area contributed by atoms with E-state index in [2.05, 4.69) is 5.32 Å². The zero-order valence-electron chi connectivity index (χ0n) is 17.4. The minimum Gasteiger partial charge on any atom is -0.489 e. The van der Waals surface area contributed by atoms with Gasteiger partial charge >= 0.3 is 5.97 Å². The van der Waals surface area contributed by atoms with Crippen molar-refractivity contribution in [3.63, 3.8) is 0 Å². The number of methoxy groups -OCH3 is 1. The number of carbonyl (C=O) groups is 2. The van der Waals surface area contributed by atoms with Crippen molar-refractivity contribution in [1.29, 1.82) is 0 Å². The summed E-state index contributed by atoms with van der Waals surface area (Å²) in [5.41, 5.74) is 1.37. The van der Waals surface area contributed by atoms with Crippen LogP contribution in [0, 0.1) is 0 Å². The molecule has 1 aliphatic heterocycles. The lowest BCUT2D eigenvalue weighted by molar-refractivity contribution is -0.147. The number of ether oxygens (including phenoxy) is 4. The molecule has 1 amide bonds. The maximum atomic E-state index is 12.5. The van der Waals surface area contributed by atoms with Gasteiger partial charge in [-0.1, -0.05) is 41.4 Å². The molecule has 2 N–H and O–H groups in total. The Morgan fingerprint density at radius 1 is 1.12 bits per heavy atom. The van der Waals surface area contributed by atoms with E-state index in [1.807, 2.05) is 0 Å². The van der Waals surface area contributed by atoms with E-state index >= 15 is 0 Å². The number of benzene rings is 2. The van der Waals surface area contributed by atoms with E-state index in [0.29, 0.717) is 26.9 Å². The molecule has 0 aliphatic carbocycles. The fourth-order valence-corrected chi connectivity index (χ4v) is 3.67. The topological polar surface area (TPSA) is 103 Å². The number of carboxylic acids is 1. The van der Waals surface area contributed by atoms with Gasteiger partial charge in [0.25, 0.3) is 5.91 Å². The van der Waals surface area contributed by atoms with Gasteiger partial charge in [-0.15, -0.1) is 0 Å². The number of amides is 1. The van der Waals surface area contributed by atoms with Gasteiger partial charge in [-0.25, -0.2) is 4.79 Å². The van der Waals surface area contributed by atoms with Crippen molar-refractivity contribution >= 4 is 35.1 Å². The van der Waals surface area contributed by atoms with E-state index in [1.54, 1.807) is 49.4 Å². The molecular weight excluding hydrogens is 461 g/mol. The highest BCUT2D eigenvalue weighted by molar-refractivity contribution is 6.35. The van der Waals surface area contributed by atoms with Gasteiger partial charge in [-0.2, -0.15) is 0 Å². The first-order chi connectivity index (χ1) is 15.3. The molecule has 3 rings (SSSR count). The number of hydrogen-bond donors (Lipinski definition) is 2. The summed E-state index contributed by atoms with van der Waals surface area (Å²) in [4.78, 5) is 24.2. The molecule has 2 aromatic rings. The first kappa shape index (κ1) is 24.3. The van der Waals surface area contributed by atoms with Crippen molar-refractivity contribution in [1.82, 2.24) is 5.32 Å². The molecule has 4 atom stereocenters. The number of nitrogens with one attached hydrogen (secondary N) is 1. The van der Waals surface area contributed by atoms with Crippen molar-refractivity contribution < 1.29 is 33.6 Å². The highest BCUT2D eigenvalue weighted by atomic mass is 35.5. The normalized spacial score (nSPS) is 21.2. The Labute approximate surface area is 195 Å². The van der Waals surface area contributed by atoms with Crippen LogP contribution in [0.1, 0.15) is 18.1 Å². The first-order valence-electron chi connectivity index (χ1n) is 9.80. The Hall–Kier alpha value is -2.36. The first-order valence-corrected chi connectivity index (χ1v) is 10.6. The molecule has 8 nitrogen and oxygen atoms in total. The summed E-state index contributed by atoms with van der Waals surface area (Å²) in [6.45, 7) is 1.81. The molecule has 2 aromatic carbocycles. The van der Waals surface area contributed by atoms with E-state index < -0.39 is 36.6 Å². The zero-order chi connectivity index (χ0) is 23.3. The zero-order valence-corrected chi connectivity index (χ0v) is 18.9.